The quantitative estimate of drug-likeness (QED) is 0.0616. The van der Waals surface area contributed by atoms with Crippen LogP contribution in [0, 0.1) is 0 Å². The van der Waals surface area contributed by atoms with E-state index < -0.39 is 17.7 Å². The summed E-state index contributed by atoms with van der Waals surface area (Å²) in [7, 11) is 0. The van der Waals surface area contributed by atoms with Crippen LogP contribution in [0.25, 0.3) is 0 Å². The van der Waals surface area contributed by atoms with E-state index in [4.69, 9.17) is 3.32 Å². The number of anilines is 6. The van der Waals surface area contributed by atoms with E-state index in [1.807, 2.05) is 0 Å². The predicted octanol–water partition coefficient (Wildman–Crippen LogP) is 13.5. The van der Waals surface area contributed by atoms with Crippen molar-refractivity contribution in [3.8, 4) is 0 Å². The summed E-state index contributed by atoms with van der Waals surface area (Å²) < 4.78 is 15.6. The van der Waals surface area contributed by atoms with Crippen molar-refractivity contribution in [1.82, 2.24) is 0 Å². The number of unbranched alkanes of at least 4 members (excludes halogenated alkanes) is 7. The Morgan fingerprint density at radius 1 is 0.333 bits per heavy atom. The van der Waals surface area contributed by atoms with Gasteiger partial charge in [0.05, 0.1) is 0 Å². The van der Waals surface area contributed by atoms with Crippen molar-refractivity contribution in [3.05, 3.63) is 182 Å². The number of benzene rings is 6. The molecule has 0 unspecified atom stereocenters. The maximum atomic E-state index is 7.95. The first-order valence-electron chi connectivity index (χ1n) is 18.7. The molecule has 260 valence electrons. The first-order valence-corrected chi connectivity index (χ1v) is 21.4. The van der Waals surface area contributed by atoms with E-state index in [1.54, 1.807) is 0 Å². The van der Waals surface area contributed by atoms with Crippen molar-refractivity contribution < 1.29 is 21.1 Å². The summed E-state index contributed by atoms with van der Waals surface area (Å²) in [6.45, 7) is 2.92. The standard InChI is InChI=1S/3C12H10N.C10H21O.Ti/c3*1-3-7-11(8-4-1)13-12-9-5-2-6-10-12;1-2-3-4-5-6-7-8-9-10-11;/h3*1-10H;2-10H2,1H3;/q4*-1;+4. The number of para-hydroxylation sites is 6. The third-order valence-electron chi connectivity index (χ3n) is 9.25. The fraction of sp³-hybridized carbons (Fsp3) is 0.217. The van der Waals surface area contributed by atoms with Gasteiger partial charge in [-0.05, 0) is 0 Å². The van der Waals surface area contributed by atoms with Crippen LogP contribution in [0.1, 0.15) is 58.3 Å². The van der Waals surface area contributed by atoms with Gasteiger partial charge in [0.2, 0.25) is 0 Å². The second kappa shape index (κ2) is 19.1. The first-order chi connectivity index (χ1) is 25.3. The van der Waals surface area contributed by atoms with Crippen LogP contribution >= 0.6 is 0 Å². The predicted molar refractivity (Wildman–Crippen MR) is 214 cm³/mol. The summed E-state index contributed by atoms with van der Waals surface area (Å²) in [5.74, 6) is 0. The molecule has 0 aliphatic carbocycles. The van der Waals surface area contributed by atoms with Gasteiger partial charge in [-0.15, -0.1) is 0 Å². The molecule has 4 nitrogen and oxygen atoms in total. The summed E-state index contributed by atoms with van der Waals surface area (Å²) in [5, 5.41) is 0. The zero-order chi connectivity index (χ0) is 35.0. The third kappa shape index (κ3) is 9.01. The Hall–Kier alpha value is -4.61. The second-order valence-electron chi connectivity index (χ2n) is 12.9. The van der Waals surface area contributed by atoms with E-state index in [9.17, 15) is 0 Å². The first kappa shape index (κ1) is 36.2. The van der Waals surface area contributed by atoms with E-state index in [1.165, 1.54) is 38.5 Å². The number of rotatable bonds is 19. The minimum atomic E-state index is -4.57. The molecular weight excluding hydrogens is 658 g/mol. The Balaban J connectivity index is 1.63. The van der Waals surface area contributed by atoms with E-state index in [2.05, 4.69) is 199 Å². The van der Waals surface area contributed by atoms with Gasteiger partial charge >= 0.3 is 312 Å². The molecule has 0 fully saturated rings. The Kier molecular flexibility index (Phi) is 13.6. The monoisotopic (exact) mass is 709 g/mol. The molecule has 0 aliphatic heterocycles. The Labute approximate surface area is 310 Å². The van der Waals surface area contributed by atoms with Crippen molar-refractivity contribution in [2.75, 3.05) is 16.8 Å². The summed E-state index contributed by atoms with van der Waals surface area (Å²) in [6.07, 6.45) is 9.92. The normalized spacial score (nSPS) is 11.2. The van der Waals surface area contributed by atoms with Crippen LogP contribution in [-0.4, -0.2) is 6.61 Å². The molecular formula is C46H51N3OTi. The van der Waals surface area contributed by atoms with Gasteiger partial charge in [0.15, 0.2) is 0 Å². The van der Waals surface area contributed by atoms with Gasteiger partial charge in [-0.3, -0.25) is 0 Å². The molecule has 0 amide bonds. The molecule has 0 atom stereocenters. The van der Waals surface area contributed by atoms with E-state index in [0.717, 1.165) is 47.0 Å². The number of hydrogen-bond donors (Lipinski definition) is 0. The summed E-state index contributed by atoms with van der Waals surface area (Å²) in [4.78, 5) is 0. The van der Waals surface area contributed by atoms with Gasteiger partial charge in [0, 0.05) is 0 Å². The minimum absolute atomic E-state index is 0.636. The summed E-state index contributed by atoms with van der Waals surface area (Å²) >= 11 is -4.57. The number of nitrogens with zero attached hydrogens (tertiary/aromatic N) is 3. The van der Waals surface area contributed by atoms with Gasteiger partial charge in [-0.2, -0.15) is 0 Å². The molecule has 0 heterocycles. The molecule has 6 rings (SSSR count). The molecule has 0 saturated heterocycles. The Morgan fingerprint density at radius 3 is 0.824 bits per heavy atom. The van der Waals surface area contributed by atoms with Gasteiger partial charge < -0.3 is 0 Å². The molecule has 6 aromatic rings. The van der Waals surface area contributed by atoms with Crippen molar-refractivity contribution in [2.45, 2.75) is 58.3 Å². The fourth-order valence-electron chi connectivity index (χ4n) is 6.86. The van der Waals surface area contributed by atoms with Crippen molar-refractivity contribution in [3.63, 3.8) is 0 Å². The van der Waals surface area contributed by atoms with Crippen molar-refractivity contribution in [2.24, 2.45) is 0 Å². The Bertz CT molecular complexity index is 1490. The number of hydrogen-bond acceptors (Lipinski definition) is 4. The molecule has 0 N–H and O–H groups in total. The molecule has 0 spiro atoms. The molecule has 0 aliphatic rings. The molecule has 0 aromatic heterocycles. The van der Waals surface area contributed by atoms with Crippen LogP contribution in [0.4, 0.5) is 34.1 Å². The van der Waals surface area contributed by atoms with E-state index in [-0.39, 0.29) is 0 Å². The van der Waals surface area contributed by atoms with Gasteiger partial charge in [0.25, 0.3) is 0 Å². The second-order valence-corrected chi connectivity index (χ2v) is 17.3. The van der Waals surface area contributed by atoms with Crippen molar-refractivity contribution >= 4 is 34.1 Å². The molecule has 0 bridgehead atoms. The van der Waals surface area contributed by atoms with Crippen LogP contribution < -0.4 is 10.1 Å². The molecule has 0 saturated carbocycles. The maximum absolute atomic E-state index is 7.95. The van der Waals surface area contributed by atoms with Crippen LogP contribution in [0.5, 0.6) is 0 Å². The molecule has 5 heteroatoms. The van der Waals surface area contributed by atoms with Gasteiger partial charge in [-0.25, -0.2) is 0 Å². The van der Waals surface area contributed by atoms with E-state index >= 15 is 0 Å². The van der Waals surface area contributed by atoms with E-state index in [0.29, 0.717) is 6.61 Å². The molecule has 0 radical (unpaired) electrons. The summed E-state index contributed by atoms with van der Waals surface area (Å²) in [5.41, 5.74) is 6.55. The third-order valence-corrected chi connectivity index (χ3v) is 15.3. The van der Waals surface area contributed by atoms with Crippen LogP contribution in [0.15, 0.2) is 182 Å². The van der Waals surface area contributed by atoms with Crippen LogP contribution in [-0.2, 0) is 21.1 Å². The van der Waals surface area contributed by atoms with Crippen LogP contribution in [0.2, 0.25) is 0 Å². The Morgan fingerprint density at radius 2 is 0.569 bits per heavy atom. The van der Waals surface area contributed by atoms with Gasteiger partial charge in [-0.1, -0.05) is 0 Å². The average molecular weight is 710 g/mol. The van der Waals surface area contributed by atoms with Gasteiger partial charge in [0.1, 0.15) is 0 Å². The zero-order valence-corrected chi connectivity index (χ0v) is 31.5. The molecule has 6 aromatic carbocycles. The summed E-state index contributed by atoms with van der Waals surface area (Å²) in [6, 6.07) is 65.0. The average Bonchev–Trinajstić information content (AvgIpc) is 3.20. The molecule has 51 heavy (non-hydrogen) atoms. The topological polar surface area (TPSA) is 19.0 Å². The van der Waals surface area contributed by atoms with Crippen LogP contribution in [0.3, 0.4) is 0 Å². The fourth-order valence-corrected chi connectivity index (χ4v) is 13.6. The zero-order valence-electron chi connectivity index (χ0n) is 29.9. The SMILES string of the molecule is CCCCCCCCCC[O][Ti]([N](c1ccccc1)c1ccccc1)([N](c1ccccc1)c1ccccc1)[N](c1ccccc1)c1ccccc1. The van der Waals surface area contributed by atoms with Crippen molar-refractivity contribution in [1.29, 1.82) is 0 Å².